The summed E-state index contributed by atoms with van der Waals surface area (Å²) in [5, 5.41) is 0. The highest BCUT2D eigenvalue weighted by molar-refractivity contribution is 7.80. The van der Waals surface area contributed by atoms with Crippen molar-refractivity contribution in [2.75, 3.05) is 16.6 Å². The average Bonchev–Trinajstić information content (AvgIpc) is 2.99. The van der Waals surface area contributed by atoms with Gasteiger partial charge in [0, 0.05) is 17.8 Å². The van der Waals surface area contributed by atoms with E-state index in [0.29, 0.717) is 23.8 Å². The van der Waals surface area contributed by atoms with Crippen molar-refractivity contribution in [3.8, 4) is 0 Å². The van der Waals surface area contributed by atoms with Crippen LogP contribution in [0.25, 0.3) is 0 Å². The van der Waals surface area contributed by atoms with Gasteiger partial charge in [-0.1, -0.05) is 12.1 Å². The summed E-state index contributed by atoms with van der Waals surface area (Å²) in [7, 11) is 0. The number of hydrogen-bond acceptors (Lipinski definition) is 3. The maximum atomic E-state index is 11.1. The van der Waals surface area contributed by atoms with E-state index in [1.54, 1.807) is 24.3 Å². The SMILES string of the molecule is Nc1ccccc1N(CC1CC1)S(=O)[O-]. The van der Waals surface area contributed by atoms with Gasteiger partial charge in [-0.2, -0.15) is 0 Å². The van der Waals surface area contributed by atoms with Gasteiger partial charge >= 0.3 is 0 Å². The first-order chi connectivity index (χ1) is 7.18. The molecule has 0 aliphatic heterocycles. The molecule has 1 aliphatic rings. The lowest BCUT2D eigenvalue weighted by Gasteiger charge is -2.27. The van der Waals surface area contributed by atoms with Gasteiger partial charge in [0.1, 0.15) is 0 Å². The molecule has 1 aromatic carbocycles. The standard InChI is InChI=1S/C10H14N2O2S/c11-9-3-1-2-4-10(9)12(15(13)14)7-8-5-6-8/h1-4,8H,5-7,11H2,(H,13,14)/p-1. The largest absolute Gasteiger partial charge is 0.755 e. The fourth-order valence-corrected chi connectivity index (χ4v) is 2.15. The van der Waals surface area contributed by atoms with E-state index in [1.165, 1.54) is 4.31 Å². The van der Waals surface area contributed by atoms with E-state index in [-0.39, 0.29) is 0 Å². The quantitative estimate of drug-likeness (QED) is 0.620. The van der Waals surface area contributed by atoms with Crippen LogP contribution in [0.2, 0.25) is 0 Å². The number of benzene rings is 1. The lowest BCUT2D eigenvalue weighted by Crippen LogP contribution is -2.28. The summed E-state index contributed by atoms with van der Waals surface area (Å²) in [5.41, 5.74) is 6.82. The third-order valence-corrected chi connectivity index (χ3v) is 3.21. The highest BCUT2D eigenvalue weighted by Gasteiger charge is 2.25. The Hall–Kier alpha value is -1.07. The Morgan fingerprint density at radius 2 is 2.13 bits per heavy atom. The molecule has 1 aliphatic carbocycles. The molecular weight excluding hydrogens is 212 g/mol. The molecule has 1 saturated carbocycles. The Kier molecular flexibility index (Phi) is 2.93. The van der Waals surface area contributed by atoms with Gasteiger partial charge in [-0.15, -0.1) is 0 Å². The number of nitrogens with zero attached hydrogens (tertiary/aromatic N) is 1. The van der Waals surface area contributed by atoms with Gasteiger partial charge < -0.3 is 14.6 Å². The van der Waals surface area contributed by atoms with Crippen molar-refractivity contribution >= 4 is 22.6 Å². The van der Waals surface area contributed by atoms with Crippen LogP contribution in [0.1, 0.15) is 12.8 Å². The minimum Gasteiger partial charge on any atom is -0.755 e. The molecule has 0 aromatic heterocycles. The molecule has 0 radical (unpaired) electrons. The minimum absolute atomic E-state index is 0.502. The van der Waals surface area contributed by atoms with Crippen molar-refractivity contribution in [3.05, 3.63) is 24.3 Å². The zero-order chi connectivity index (χ0) is 10.8. The maximum absolute atomic E-state index is 11.1. The topological polar surface area (TPSA) is 69.4 Å². The van der Waals surface area contributed by atoms with E-state index in [0.717, 1.165) is 12.8 Å². The predicted molar refractivity (Wildman–Crippen MR) is 59.8 cm³/mol. The summed E-state index contributed by atoms with van der Waals surface area (Å²) in [6.45, 7) is 0.546. The second-order valence-electron chi connectivity index (χ2n) is 3.78. The van der Waals surface area contributed by atoms with E-state index < -0.39 is 11.3 Å². The summed E-state index contributed by atoms with van der Waals surface area (Å²) < 4.78 is 23.5. The van der Waals surface area contributed by atoms with Gasteiger partial charge in [0.05, 0.1) is 11.4 Å². The molecule has 4 nitrogen and oxygen atoms in total. The van der Waals surface area contributed by atoms with Crippen LogP contribution in [0, 0.1) is 5.92 Å². The van der Waals surface area contributed by atoms with Gasteiger partial charge in [0.25, 0.3) is 0 Å². The molecule has 5 heteroatoms. The van der Waals surface area contributed by atoms with Crippen molar-refractivity contribution in [1.29, 1.82) is 0 Å². The summed E-state index contributed by atoms with van der Waals surface area (Å²) in [6.07, 6.45) is 2.22. The van der Waals surface area contributed by atoms with Crippen LogP contribution < -0.4 is 10.0 Å². The van der Waals surface area contributed by atoms with E-state index in [2.05, 4.69) is 0 Å². The molecule has 0 amide bonds. The number of hydrogen-bond donors (Lipinski definition) is 1. The van der Waals surface area contributed by atoms with Gasteiger partial charge in [0.15, 0.2) is 0 Å². The van der Waals surface area contributed by atoms with Crippen LogP contribution in [0.3, 0.4) is 0 Å². The van der Waals surface area contributed by atoms with Crippen molar-refractivity contribution in [2.24, 2.45) is 5.92 Å². The fraction of sp³-hybridized carbons (Fsp3) is 0.400. The normalized spacial score (nSPS) is 17.4. The van der Waals surface area contributed by atoms with Crippen LogP contribution in [-0.2, 0) is 11.3 Å². The third-order valence-electron chi connectivity index (χ3n) is 2.51. The minimum atomic E-state index is -2.24. The number of nitrogen functional groups attached to an aromatic ring is 1. The molecule has 0 bridgehead atoms. The molecule has 1 unspecified atom stereocenters. The van der Waals surface area contributed by atoms with Crippen molar-refractivity contribution in [3.63, 3.8) is 0 Å². The summed E-state index contributed by atoms with van der Waals surface area (Å²) >= 11 is -2.24. The van der Waals surface area contributed by atoms with Gasteiger partial charge in [-0.3, -0.25) is 4.21 Å². The smallest absolute Gasteiger partial charge is 0.0712 e. The van der Waals surface area contributed by atoms with Gasteiger partial charge in [-0.25, -0.2) is 0 Å². The Labute approximate surface area is 91.5 Å². The van der Waals surface area contributed by atoms with Gasteiger partial charge in [0.2, 0.25) is 0 Å². The number of nitrogens with two attached hydrogens (primary N) is 1. The number of anilines is 2. The molecule has 0 spiro atoms. The number of para-hydroxylation sites is 2. The molecule has 1 aromatic rings. The summed E-state index contributed by atoms with van der Waals surface area (Å²) in [6, 6.07) is 7.02. The Bertz CT molecular complexity index is 379. The van der Waals surface area contributed by atoms with Gasteiger partial charge in [-0.05, 0) is 30.9 Å². The van der Waals surface area contributed by atoms with E-state index in [9.17, 15) is 8.76 Å². The van der Waals surface area contributed by atoms with Crippen LogP contribution in [0.5, 0.6) is 0 Å². The first-order valence-electron chi connectivity index (χ1n) is 4.90. The Balaban J connectivity index is 2.22. The summed E-state index contributed by atoms with van der Waals surface area (Å²) in [4.78, 5) is 0. The van der Waals surface area contributed by atoms with E-state index >= 15 is 0 Å². The second-order valence-corrected chi connectivity index (χ2v) is 4.66. The molecule has 1 fully saturated rings. The number of rotatable bonds is 4. The summed E-state index contributed by atoms with van der Waals surface area (Å²) in [5.74, 6) is 0.502. The van der Waals surface area contributed by atoms with Crippen molar-refractivity contribution in [1.82, 2.24) is 0 Å². The Morgan fingerprint density at radius 3 is 2.67 bits per heavy atom. The molecule has 15 heavy (non-hydrogen) atoms. The molecule has 1 atom stereocenters. The predicted octanol–water partition coefficient (Wildman–Crippen LogP) is 1.28. The Morgan fingerprint density at radius 1 is 1.47 bits per heavy atom. The molecule has 2 N–H and O–H groups in total. The lowest BCUT2D eigenvalue weighted by atomic mass is 10.2. The highest BCUT2D eigenvalue weighted by Crippen LogP contribution is 2.33. The monoisotopic (exact) mass is 225 g/mol. The van der Waals surface area contributed by atoms with Crippen LogP contribution >= 0.6 is 0 Å². The van der Waals surface area contributed by atoms with Crippen LogP contribution in [0.15, 0.2) is 24.3 Å². The van der Waals surface area contributed by atoms with Crippen LogP contribution in [0.4, 0.5) is 11.4 Å². The van der Waals surface area contributed by atoms with Crippen LogP contribution in [-0.4, -0.2) is 15.3 Å². The van der Waals surface area contributed by atoms with E-state index in [1.807, 2.05) is 0 Å². The third kappa shape index (κ3) is 2.49. The van der Waals surface area contributed by atoms with E-state index in [4.69, 9.17) is 5.73 Å². The fourth-order valence-electron chi connectivity index (χ4n) is 1.49. The first-order valence-corrected chi connectivity index (χ1v) is 5.93. The maximum Gasteiger partial charge on any atom is 0.0712 e. The highest BCUT2D eigenvalue weighted by atomic mass is 32.2. The zero-order valence-electron chi connectivity index (χ0n) is 8.26. The zero-order valence-corrected chi connectivity index (χ0v) is 9.07. The molecule has 0 saturated heterocycles. The molecule has 2 rings (SSSR count). The second kappa shape index (κ2) is 4.20. The molecular formula is C10H13N2O2S-. The first kappa shape index (κ1) is 10.4. The molecule has 0 heterocycles. The average molecular weight is 225 g/mol. The van der Waals surface area contributed by atoms with Crippen molar-refractivity contribution < 1.29 is 8.76 Å². The lowest BCUT2D eigenvalue weighted by molar-refractivity contribution is 0.530. The molecule has 82 valence electrons. The van der Waals surface area contributed by atoms with Crippen molar-refractivity contribution in [2.45, 2.75) is 12.8 Å².